The zero-order valence-corrected chi connectivity index (χ0v) is 18.5. The number of halogens is 1. The molecule has 0 spiro atoms. The van der Waals surface area contributed by atoms with E-state index in [9.17, 15) is 13.2 Å². The lowest BCUT2D eigenvalue weighted by atomic mass is 10.2. The number of ether oxygens (including phenoxy) is 2. The smallest absolute Gasteiger partial charge is 0.262 e. The van der Waals surface area contributed by atoms with Crippen LogP contribution in [0.1, 0.15) is 17.3 Å². The number of methoxy groups -OCH3 is 1. The maximum Gasteiger partial charge on any atom is 0.262 e. The van der Waals surface area contributed by atoms with Crippen molar-refractivity contribution in [3.63, 3.8) is 0 Å². The average molecular weight is 461 g/mol. The average Bonchev–Trinajstić information content (AvgIpc) is 2.75. The summed E-state index contributed by atoms with van der Waals surface area (Å²) in [6, 6.07) is 17.2. The van der Waals surface area contributed by atoms with Crippen molar-refractivity contribution in [1.82, 2.24) is 0 Å². The summed E-state index contributed by atoms with van der Waals surface area (Å²) >= 11 is 5.87. The fourth-order valence-electron chi connectivity index (χ4n) is 2.78. The number of carbonyl (C=O) groups excluding carboxylic acids is 1. The molecular weight excluding hydrogens is 440 g/mol. The molecule has 0 heterocycles. The molecule has 3 aromatic carbocycles. The second-order valence-corrected chi connectivity index (χ2v) is 8.48. The van der Waals surface area contributed by atoms with Crippen LogP contribution >= 0.6 is 11.6 Å². The van der Waals surface area contributed by atoms with Crippen molar-refractivity contribution < 1.29 is 22.7 Å². The van der Waals surface area contributed by atoms with Gasteiger partial charge >= 0.3 is 0 Å². The van der Waals surface area contributed by atoms with Gasteiger partial charge in [-0.1, -0.05) is 23.7 Å². The van der Waals surface area contributed by atoms with E-state index in [0.717, 1.165) is 0 Å². The van der Waals surface area contributed by atoms with Crippen LogP contribution in [0.2, 0.25) is 5.02 Å². The summed E-state index contributed by atoms with van der Waals surface area (Å²) in [6.45, 7) is 2.13. The van der Waals surface area contributed by atoms with Gasteiger partial charge in [0, 0.05) is 10.6 Å². The first-order valence-corrected chi connectivity index (χ1v) is 11.2. The number of para-hydroxylation sites is 2. The first-order chi connectivity index (χ1) is 14.8. The maximum absolute atomic E-state index is 12.9. The van der Waals surface area contributed by atoms with Crippen molar-refractivity contribution in [2.75, 3.05) is 23.8 Å². The van der Waals surface area contributed by atoms with Crippen LogP contribution in [-0.4, -0.2) is 28.0 Å². The summed E-state index contributed by atoms with van der Waals surface area (Å²) in [5, 5.41) is 3.21. The third-order valence-corrected chi connectivity index (χ3v) is 5.88. The monoisotopic (exact) mass is 460 g/mol. The number of carbonyl (C=O) groups is 1. The van der Waals surface area contributed by atoms with E-state index >= 15 is 0 Å². The van der Waals surface area contributed by atoms with E-state index in [4.69, 9.17) is 21.1 Å². The molecule has 0 aliphatic carbocycles. The Morgan fingerprint density at radius 1 is 0.968 bits per heavy atom. The first kappa shape index (κ1) is 22.5. The minimum Gasteiger partial charge on any atom is -0.495 e. The van der Waals surface area contributed by atoms with Crippen molar-refractivity contribution in [1.29, 1.82) is 0 Å². The molecule has 0 aromatic heterocycles. The Bertz CT molecular complexity index is 1180. The minimum absolute atomic E-state index is 0.0479. The summed E-state index contributed by atoms with van der Waals surface area (Å²) < 4.78 is 39.1. The molecule has 0 unspecified atom stereocenters. The first-order valence-electron chi connectivity index (χ1n) is 9.33. The fourth-order valence-corrected chi connectivity index (χ4v) is 4.01. The molecule has 31 heavy (non-hydrogen) atoms. The van der Waals surface area contributed by atoms with Gasteiger partial charge in [-0.2, -0.15) is 0 Å². The number of benzene rings is 3. The van der Waals surface area contributed by atoms with Crippen LogP contribution in [-0.2, 0) is 10.0 Å². The Morgan fingerprint density at radius 3 is 2.35 bits per heavy atom. The number of rotatable bonds is 8. The van der Waals surface area contributed by atoms with Gasteiger partial charge in [-0.25, -0.2) is 8.42 Å². The van der Waals surface area contributed by atoms with Crippen LogP contribution in [0.3, 0.4) is 0 Å². The van der Waals surface area contributed by atoms with E-state index in [1.165, 1.54) is 25.3 Å². The molecule has 9 heteroatoms. The predicted octanol–water partition coefficient (Wildman–Crippen LogP) is 4.80. The van der Waals surface area contributed by atoms with Crippen molar-refractivity contribution in [3.05, 3.63) is 77.3 Å². The zero-order chi connectivity index (χ0) is 22.4. The summed E-state index contributed by atoms with van der Waals surface area (Å²) in [6.07, 6.45) is 0. The molecule has 0 fully saturated rings. The van der Waals surface area contributed by atoms with Gasteiger partial charge in [0.2, 0.25) is 0 Å². The van der Waals surface area contributed by atoms with Gasteiger partial charge in [0.05, 0.1) is 30.0 Å². The van der Waals surface area contributed by atoms with E-state index < -0.39 is 15.9 Å². The molecule has 0 bridgehead atoms. The quantitative estimate of drug-likeness (QED) is 0.503. The number of anilines is 2. The van der Waals surface area contributed by atoms with E-state index in [0.29, 0.717) is 34.4 Å². The molecule has 0 saturated heterocycles. The Kier molecular flexibility index (Phi) is 7.04. The number of nitrogens with one attached hydrogen (secondary N) is 2. The Morgan fingerprint density at radius 2 is 1.68 bits per heavy atom. The van der Waals surface area contributed by atoms with Crippen LogP contribution < -0.4 is 19.5 Å². The molecule has 162 valence electrons. The Balaban J connectivity index is 1.93. The van der Waals surface area contributed by atoms with E-state index in [1.54, 1.807) is 55.5 Å². The Labute approximate surface area is 186 Å². The molecule has 7 nitrogen and oxygen atoms in total. The van der Waals surface area contributed by atoms with E-state index in [-0.39, 0.29) is 10.6 Å². The molecule has 3 aromatic rings. The highest BCUT2D eigenvalue weighted by Gasteiger charge is 2.20. The number of sulfonamides is 1. The summed E-state index contributed by atoms with van der Waals surface area (Å²) in [7, 11) is -2.51. The highest BCUT2D eigenvalue weighted by Crippen LogP contribution is 2.31. The Hall–Kier alpha value is -3.23. The molecule has 0 radical (unpaired) electrons. The predicted molar refractivity (Wildman–Crippen MR) is 121 cm³/mol. The molecule has 0 aliphatic heterocycles. The fraction of sp³-hybridized carbons (Fsp3) is 0.136. The molecular formula is C22H21ClN2O5S. The molecule has 3 rings (SSSR count). The minimum atomic E-state index is -3.96. The second-order valence-electron chi connectivity index (χ2n) is 6.36. The molecule has 2 N–H and O–H groups in total. The van der Waals surface area contributed by atoms with Crippen molar-refractivity contribution in [3.8, 4) is 11.5 Å². The number of hydrogen-bond acceptors (Lipinski definition) is 5. The van der Waals surface area contributed by atoms with Crippen LogP contribution in [0.15, 0.2) is 71.6 Å². The van der Waals surface area contributed by atoms with Gasteiger partial charge in [-0.15, -0.1) is 0 Å². The van der Waals surface area contributed by atoms with Crippen LogP contribution in [0.4, 0.5) is 11.4 Å². The highest BCUT2D eigenvalue weighted by atomic mass is 35.5. The second kappa shape index (κ2) is 9.72. The van der Waals surface area contributed by atoms with Crippen LogP contribution in [0, 0.1) is 0 Å². The van der Waals surface area contributed by atoms with E-state index in [1.807, 2.05) is 0 Å². The highest BCUT2D eigenvalue weighted by molar-refractivity contribution is 7.92. The SMILES string of the molecule is CCOc1ccc(S(=O)(=O)Nc2ccccc2OC)cc1NC(=O)c1ccc(Cl)cc1. The molecule has 0 saturated carbocycles. The largest absolute Gasteiger partial charge is 0.495 e. The van der Waals surface area contributed by atoms with Gasteiger partial charge in [0.1, 0.15) is 11.5 Å². The summed E-state index contributed by atoms with van der Waals surface area (Å²) in [4.78, 5) is 12.6. The zero-order valence-electron chi connectivity index (χ0n) is 16.9. The van der Waals surface area contributed by atoms with Crippen molar-refractivity contribution in [2.45, 2.75) is 11.8 Å². The van der Waals surface area contributed by atoms with Crippen molar-refractivity contribution >= 4 is 38.9 Å². The van der Waals surface area contributed by atoms with Gasteiger partial charge in [0.25, 0.3) is 15.9 Å². The molecule has 1 amide bonds. The number of amides is 1. The molecule has 0 atom stereocenters. The molecule has 0 aliphatic rings. The lowest BCUT2D eigenvalue weighted by Gasteiger charge is -2.15. The normalized spacial score (nSPS) is 10.9. The third-order valence-electron chi connectivity index (χ3n) is 4.27. The van der Waals surface area contributed by atoms with Gasteiger partial charge in [-0.05, 0) is 61.5 Å². The maximum atomic E-state index is 12.9. The van der Waals surface area contributed by atoms with Gasteiger partial charge in [0.15, 0.2) is 0 Å². The number of hydrogen-bond donors (Lipinski definition) is 2. The lowest BCUT2D eigenvalue weighted by molar-refractivity contribution is 0.102. The van der Waals surface area contributed by atoms with Crippen LogP contribution in [0.25, 0.3) is 0 Å². The van der Waals surface area contributed by atoms with Gasteiger partial charge in [-0.3, -0.25) is 9.52 Å². The summed E-state index contributed by atoms with van der Waals surface area (Å²) in [5.41, 5.74) is 0.891. The van der Waals surface area contributed by atoms with Crippen molar-refractivity contribution in [2.24, 2.45) is 0 Å². The van der Waals surface area contributed by atoms with E-state index in [2.05, 4.69) is 10.0 Å². The standard InChI is InChI=1S/C22H21ClN2O5S/c1-3-30-21-13-12-17(31(27,28)25-18-6-4-5-7-20(18)29-2)14-19(21)24-22(26)15-8-10-16(23)11-9-15/h4-14,25H,3H2,1-2H3,(H,24,26). The van der Waals surface area contributed by atoms with Crippen LogP contribution in [0.5, 0.6) is 11.5 Å². The summed E-state index contributed by atoms with van der Waals surface area (Å²) in [5.74, 6) is 0.305. The van der Waals surface area contributed by atoms with Gasteiger partial charge < -0.3 is 14.8 Å². The topological polar surface area (TPSA) is 93.7 Å². The third kappa shape index (κ3) is 5.48. The lowest BCUT2D eigenvalue weighted by Crippen LogP contribution is -2.16.